The zero-order valence-corrected chi connectivity index (χ0v) is 14.7. The van der Waals surface area contributed by atoms with E-state index in [0.717, 1.165) is 12.0 Å². The first kappa shape index (κ1) is 18.6. The van der Waals surface area contributed by atoms with E-state index in [1.165, 1.54) is 6.07 Å². The summed E-state index contributed by atoms with van der Waals surface area (Å²) in [5.74, 6) is 0.404. The summed E-state index contributed by atoms with van der Waals surface area (Å²) in [6.45, 7) is 5.79. The lowest BCUT2D eigenvalue weighted by atomic mass is 9.98. The molecule has 6 nitrogen and oxygen atoms in total. The molecule has 1 aromatic carbocycles. The van der Waals surface area contributed by atoms with Gasteiger partial charge in [-0.25, -0.2) is 4.79 Å². The van der Waals surface area contributed by atoms with Crippen molar-refractivity contribution in [2.75, 3.05) is 6.61 Å². The molecule has 134 valence electrons. The minimum atomic E-state index is -1.05. The minimum absolute atomic E-state index is 0.1000. The van der Waals surface area contributed by atoms with Crippen LogP contribution in [0.3, 0.4) is 0 Å². The van der Waals surface area contributed by atoms with Gasteiger partial charge in [0.05, 0.1) is 6.54 Å². The third kappa shape index (κ3) is 4.86. The Bertz CT molecular complexity index is 750. The topological polar surface area (TPSA) is 88.8 Å². The number of para-hydroxylation sites is 1. The maximum atomic E-state index is 12.0. The average Bonchev–Trinajstić information content (AvgIpc) is 2.98. The number of amides is 1. The van der Waals surface area contributed by atoms with E-state index in [1.54, 1.807) is 6.92 Å². The van der Waals surface area contributed by atoms with Gasteiger partial charge < -0.3 is 19.6 Å². The van der Waals surface area contributed by atoms with Crippen LogP contribution in [0.2, 0.25) is 0 Å². The molecule has 0 fully saturated rings. The van der Waals surface area contributed by atoms with Crippen molar-refractivity contribution in [3.63, 3.8) is 0 Å². The maximum absolute atomic E-state index is 12.0. The Morgan fingerprint density at radius 2 is 2.04 bits per heavy atom. The second-order valence-electron chi connectivity index (χ2n) is 5.90. The number of benzene rings is 1. The molecule has 0 aliphatic carbocycles. The highest BCUT2D eigenvalue weighted by Crippen LogP contribution is 2.28. The number of carboxylic acid groups (broad SMARTS) is 1. The molecule has 2 rings (SSSR count). The van der Waals surface area contributed by atoms with Crippen molar-refractivity contribution < 1.29 is 23.8 Å². The van der Waals surface area contributed by atoms with Gasteiger partial charge in [0.25, 0.3) is 5.91 Å². The molecule has 0 saturated carbocycles. The predicted octanol–water partition coefficient (Wildman–Crippen LogP) is 3.49. The summed E-state index contributed by atoms with van der Waals surface area (Å²) >= 11 is 0. The number of carbonyl (C=O) groups excluding carboxylic acids is 1. The molecule has 0 bridgehead atoms. The van der Waals surface area contributed by atoms with Gasteiger partial charge in [-0.1, -0.05) is 32.0 Å². The summed E-state index contributed by atoms with van der Waals surface area (Å²) in [6.07, 6.45) is 0.982. The monoisotopic (exact) mass is 345 g/mol. The Labute approximate surface area is 146 Å². The molecule has 25 heavy (non-hydrogen) atoms. The van der Waals surface area contributed by atoms with E-state index < -0.39 is 5.97 Å². The van der Waals surface area contributed by atoms with Crippen LogP contribution < -0.4 is 10.1 Å². The molecule has 2 aromatic rings. The van der Waals surface area contributed by atoms with Crippen LogP contribution in [0.4, 0.5) is 0 Å². The number of ether oxygens (including phenoxy) is 1. The third-order valence-electron chi connectivity index (χ3n) is 4.08. The van der Waals surface area contributed by atoms with E-state index in [4.69, 9.17) is 14.3 Å². The lowest BCUT2D eigenvalue weighted by molar-refractivity contribution is -0.123. The van der Waals surface area contributed by atoms with Gasteiger partial charge in [0.1, 0.15) is 22.8 Å². The van der Waals surface area contributed by atoms with E-state index in [2.05, 4.69) is 19.2 Å². The molecule has 2 N–H and O–H groups in total. The van der Waals surface area contributed by atoms with E-state index >= 15 is 0 Å². The number of nitrogens with one attached hydrogen (secondary N) is 1. The van der Waals surface area contributed by atoms with Crippen LogP contribution in [0.15, 0.2) is 34.7 Å². The zero-order valence-electron chi connectivity index (χ0n) is 14.7. The van der Waals surface area contributed by atoms with Gasteiger partial charge in [-0.15, -0.1) is 0 Å². The molecule has 1 aromatic heterocycles. The van der Waals surface area contributed by atoms with Crippen molar-refractivity contribution >= 4 is 11.9 Å². The van der Waals surface area contributed by atoms with Gasteiger partial charge >= 0.3 is 5.97 Å². The van der Waals surface area contributed by atoms with Crippen LogP contribution in [0.1, 0.15) is 53.6 Å². The lowest BCUT2D eigenvalue weighted by Gasteiger charge is -2.15. The van der Waals surface area contributed by atoms with Gasteiger partial charge in [-0.05, 0) is 37.0 Å². The highest BCUT2D eigenvalue weighted by molar-refractivity contribution is 5.88. The summed E-state index contributed by atoms with van der Waals surface area (Å²) < 4.78 is 11.0. The van der Waals surface area contributed by atoms with Crippen molar-refractivity contribution in [1.82, 2.24) is 5.32 Å². The first-order valence-corrected chi connectivity index (χ1v) is 8.23. The fraction of sp³-hybridized carbons (Fsp3) is 0.368. The molecule has 0 saturated heterocycles. The van der Waals surface area contributed by atoms with Gasteiger partial charge in [0.15, 0.2) is 6.61 Å². The number of carbonyl (C=O) groups is 2. The smallest absolute Gasteiger partial charge is 0.339 e. The Morgan fingerprint density at radius 3 is 2.68 bits per heavy atom. The van der Waals surface area contributed by atoms with E-state index in [1.807, 2.05) is 24.3 Å². The van der Waals surface area contributed by atoms with E-state index in [0.29, 0.717) is 23.2 Å². The number of hydrogen-bond donors (Lipinski definition) is 2. The van der Waals surface area contributed by atoms with Crippen molar-refractivity contribution in [2.45, 2.75) is 39.7 Å². The molecular weight excluding hydrogens is 322 g/mol. The van der Waals surface area contributed by atoms with E-state index in [-0.39, 0.29) is 24.6 Å². The highest BCUT2D eigenvalue weighted by atomic mass is 16.5. The number of hydrogen-bond acceptors (Lipinski definition) is 4. The van der Waals surface area contributed by atoms with Gasteiger partial charge in [0.2, 0.25) is 0 Å². The van der Waals surface area contributed by atoms with Gasteiger partial charge in [-0.3, -0.25) is 4.79 Å². The van der Waals surface area contributed by atoms with E-state index in [9.17, 15) is 9.59 Å². The van der Waals surface area contributed by atoms with Crippen molar-refractivity contribution in [3.8, 4) is 5.75 Å². The maximum Gasteiger partial charge on any atom is 0.339 e. The fourth-order valence-electron chi connectivity index (χ4n) is 2.46. The molecule has 0 aliphatic heterocycles. The Hall–Kier alpha value is -2.76. The minimum Gasteiger partial charge on any atom is -0.483 e. The number of aromatic carboxylic acids is 1. The summed E-state index contributed by atoms with van der Waals surface area (Å²) in [6, 6.07) is 9.09. The predicted molar refractivity (Wildman–Crippen MR) is 92.9 cm³/mol. The van der Waals surface area contributed by atoms with Crippen molar-refractivity contribution in [3.05, 3.63) is 53.0 Å². The number of rotatable bonds is 8. The molecule has 0 radical (unpaired) electrons. The van der Waals surface area contributed by atoms with Crippen molar-refractivity contribution in [2.24, 2.45) is 0 Å². The lowest BCUT2D eigenvalue weighted by Crippen LogP contribution is -2.28. The summed E-state index contributed by atoms with van der Waals surface area (Å²) in [4.78, 5) is 22.9. The largest absolute Gasteiger partial charge is 0.483 e. The molecule has 6 heteroatoms. The summed E-state index contributed by atoms with van der Waals surface area (Å²) in [5, 5.41) is 11.7. The standard InChI is InChI=1S/C19H23NO5/c1-4-12(2)15-7-5-6-8-17(15)24-11-18(21)20-10-14-9-16(19(22)23)13(3)25-14/h5-9,12H,4,10-11H2,1-3H3,(H,20,21)(H,22,23). The second kappa shape index (κ2) is 8.37. The first-order chi connectivity index (χ1) is 11.9. The zero-order chi connectivity index (χ0) is 18.4. The third-order valence-corrected chi connectivity index (χ3v) is 4.08. The Morgan fingerprint density at radius 1 is 1.32 bits per heavy atom. The molecule has 1 heterocycles. The highest BCUT2D eigenvalue weighted by Gasteiger charge is 2.15. The molecule has 1 atom stereocenters. The Balaban J connectivity index is 1.89. The molecule has 0 spiro atoms. The first-order valence-electron chi connectivity index (χ1n) is 8.23. The second-order valence-corrected chi connectivity index (χ2v) is 5.90. The molecular formula is C19H23NO5. The van der Waals surface area contributed by atoms with Crippen LogP contribution >= 0.6 is 0 Å². The van der Waals surface area contributed by atoms with Gasteiger partial charge in [-0.2, -0.15) is 0 Å². The number of furan rings is 1. The van der Waals surface area contributed by atoms with Crippen molar-refractivity contribution in [1.29, 1.82) is 0 Å². The van der Waals surface area contributed by atoms with Crippen LogP contribution in [-0.4, -0.2) is 23.6 Å². The average molecular weight is 345 g/mol. The summed E-state index contributed by atoms with van der Waals surface area (Å²) in [7, 11) is 0. The Kier molecular flexibility index (Phi) is 6.22. The van der Waals surface area contributed by atoms with Crippen LogP contribution in [0.5, 0.6) is 5.75 Å². The van der Waals surface area contributed by atoms with Crippen LogP contribution in [0.25, 0.3) is 0 Å². The van der Waals surface area contributed by atoms with Crippen LogP contribution in [0, 0.1) is 6.92 Å². The van der Waals surface area contributed by atoms with Gasteiger partial charge in [0, 0.05) is 0 Å². The summed E-state index contributed by atoms with van der Waals surface area (Å²) in [5.41, 5.74) is 1.17. The quantitative estimate of drug-likeness (QED) is 0.764. The molecule has 1 unspecified atom stereocenters. The molecule has 1 amide bonds. The normalized spacial score (nSPS) is 11.8. The fourth-order valence-corrected chi connectivity index (χ4v) is 2.46. The van der Waals surface area contributed by atoms with Crippen LogP contribution in [-0.2, 0) is 11.3 Å². The molecule has 0 aliphatic rings. The SMILES string of the molecule is CCC(C)c1ccccc1OCC(=O)NCc1cc(C(=O)O)c(C)o1. The number of carboxylic acids is 1. The number of aryl methyl sites for hydroxylation is 1.